The van der Waals surface area contributed by atoms with E-state index in [0.29, 0.717) is 19.3 Å². The van der Waals surface area contributed by atoms with Crippen LogP contribution in [0.3, 0.4) is 0 Å². The molecule has 0 amide bonds. The quantitative estimate of drug-likeness (QED) is 0.640. The normalized spacial score (nSPS) is 11.0. The van der Waals surface area contributed by atoms with Gasteiger partial charge in [0.15, 0.2) is 0 Å². The van der Waals surface area contributed by atoms with Crippen LogP contribution in [0.15, 0.2) is 24.3 Å². The van der Waals surface area contributed by atoms with Gasteiger partial charge < -0.3 is 14.4 Å². The molecule has 0 aliphatic rings. The van der Waals surface area contributed by atoms with Gasteiger partial charge in [-0.05, 0) is 44.9 Å². The van der Waals surface area contributed by atoms with Crippen molar-refractivity contribution >= 4 is 5.69 Å². The highest BCUT2D eigenvalue weighted by molar-refractivity contribution is 5.48. The monoisotopic (exact) mass is 265 g/mol. The van der Waals surface area contributed by atoms with E-state index in [0.717, 1.165) is 19.6 Å². The first-order chi connectivity index (χ1) is 9.15. The van der Waals surface area contributed by atoms with Crippen LogP contribution in [0.4, 0.5) is 5.69 Å². The van der Waals surface area contributed by atoms with Crippen LogP contribution in [0.1, 0.15) is 26.3 Å². The zero-order chi connectivity index (χ0) is 14.1. The van der Waals surface area contributed by atoms with Crippen molar-refractivity contribution in [2.75, 3.05) is 38.4 Å². The molecule has 0 aliphatic heterocycles. The molecule has 1 rings (SSSR count). The van der Waals surface area contributed by atoms with E-state index in [2.05, 4.69) is 50.1 Å². The van der Waals surface area contributed by atoms with Crippen molar-refractivity contribution in [2.45, 2.75) is 33.2 Å². The van der Waals surface area contributed by atoms with Crippen LogP contribution in [0.25, 0.3) is 0 Å². The molecule has 0 bridgehead atoms. The van der Waals surface area contributed by atoms with Crippen molar-refractivity contribution < 1.29 is 9.47 Å². The Morgan fingerprint density at radius 3 is 2.53 bits per heavy atom. The molecule has 0 saturated heterocycles. The molecule has 1 aromatic carbocycles. The zero-order valence-electron chi connectivity index (χ0n) is 12.7. The molecule has 0 N–H and O–H groups in total. The van der Waals surface area contributed by atoms with Gasteiger partial charge >= 0.3 is 0 Å². The lowest BCUT2D eigenvalue weighted by Gasteiger charge is -2.24. The molecule has 0 aliphatic carbocycles. The van der Waals surface area contributed by atoms with Crippen molar-refractivity contribution in [3.63, 3.8) is 0 Å². The summed E-state index contributed by atoms with van der Waals surface area (Å²) in [7, 11) is 2.13. The summed E-state index contributed by atoms with van der Waals surface area (Å²) in [6.07, 6.45) is 0.950. The van der Waals surface area contributed by atoms with E-state index in [1.54, 1.807) is 0 Å². The summed E-state index contributed by atoms with van der Waals surface area (Å²) in [5, 5.41) is 0. The third-order valence-corrected chi connectivity index (χ3v) is 3.20. The van der Waals surface area contributed by atoms with Gasteiger partial charge in [0.25, 0.3) is 0 Å². The molecule has 0 fully saturated rings. The van der Waals surface area contributed by atoms with E-state index >= 15 is 0 Å². The largest absolute Gasteiger partial charge is 0.379 e. The molecule has 0 unspecified atom stereocenters. The Morgan fingerprint density at radius 1 is 1.11 bits per heavy atom. The highest BCUT2D eigenvalue weighted by Crippen LogP contribution is 2.17. The summed E-state index contributed by atoms with van der Waals surface area (Å²) in [6, 6.07) is 9.18. The lowest BCUT2D eigenvalue weighted by Crippen LogP contribution is -2.25. The first kappa shape index (κ1) is 16.0. The van der Waals surface area contributed by atoms with Crippen LogP contribution in [-0.4, -0.2) is 39.5 Å². The first-order valence-electron chi connectivity index (χ1n) is 7.12. The average Bonchev–Trinajstić information content (AvgIpc) is 2.42. The molecule has 0 saturated carbocycles. The van der Waals surface area contributed by atoms with E-state index in [1.807, 2.05) is 6.92 Å². The van der Waals surface area contributed by atoms with Crippen molar-refractivity contribution in [3.8, 4) is 0 Å². The lowest BCUT2D eigenvalue weighted by atomic mass is 10.1. The molecule has 19 heavy (non-hydrogen) atoms. The van der Waals surface area contributed by atoms with E-state index in [4.69, 9.17) is 9.47 Å². The summed E-state index contributed by atoms with van der Waals surface area (Å²) >= 11 is 0. The van der Waals surface area contributed by atoms with Crippen LogP contribution in [0.2, 0.25) is 0 Å². The molecular formula is C16H27NO2. The second kappa shape index (κ2) is 8.94. The van der Waals surface area contributed by atoms with Gasteiger partial charge in [0.1, 0.15) is 0 Å². The van der Waals surface area contributed by atoms with Gasteiger partial charge in [0.2, 0.25) is 0 Å². The summed E-state index contributed by atoms with van der Waals surface area (Å²) in [5.41, 5.74) is 2.59. The smallest absolute Gasteiger partial charge is 0.0700 e. The number of rotatable bonds is 9. The Hall–Kier alpha value is -1.06. The summed E-state index contributed by atoms with van der Waals surface area (Å²) in [4.78, 5) is 2.28. The number of nitrogens with zero attached hydrogens (tertiary/aromatic N) is 1. The minimum Gasteiger partial charge on any atom is -0.379 e. The van der Waals surface area contributed by atoms with Gasteiger partial charge in [-0.25, -0.2) is 0 Å². The molecule has 0 heterocycles. The second-order valence-electron chi connectivity index (χ2n) is 4.93. The molecular weight excluding hydrogens is 238 g/mol. The maximum absolute atomic E-state index is 5.55. The number of benzene rings is 1. The van der Waals surface area contributed by atoms with Gasteiger partial charge in [0, 0.05) is 25.4 Å². The third-order valence-electron chi connectivity index (χ3n) is 3.20. The zero-order valence-corrected chi connectivity index (χ0v) is 12.7. The third kappa shape index (κ3) is 6.08. The van der Waals surface area contributed by atoms with Gasteiger partial charge in [-0.2, -0.15) is 0 Å². The molecule has 108 valence electrons. The van der Waals surface area contributed by atoms with E-state index in [1.165, 1.54) is 11.3 Å². The summed E-state index contributed by atoms with van der Waals surface area (Å²) in [5.74, 6) is 0. The van der Waals surface area contributed by atoms with Gasteiger partial charge in [-0.15, -0.1) is 0 Å². The lowest BCUT2D eigenvalue weighted by molar-refractivity contribution is 0.0541. The maximum Gasteiger partial charge on any atom is 0.0700 e. The second-order valence-corrected chi connectivity index (χ2v) is 4.93. The SMILES string of the molecule is CCOCCOCCc1cccc(N(C)C(C)C)c1. The van der Waals surface area contributed by atoms with Crippen LogP contribution in [0, 0.1) is 0 Å². The van der Waals surface area contributed by atoms with Crippen LogP contribution in [0.5, 0.6) is 0 Å². The molecule has 0 atom stereocenters. The average molecular weight is 265 g/mol. The Bertz CT molecular complexity index is 352. The fraction of sp³-hybridized carbons (Fsp3) is 0.625. The fourth-order valence-corrected chi connectivity index (χ4v) is 1.78. The van der Waals surface area contributed by atoms with E-state index < -0.39 is 0 Å². The molecule has 0 aromatic heterocycles. The topological polar surface area (TPSA) is 21.7 Å². The van der Waals surface area contributed by atoms with Crippen molar-refractivity contribution in [2.24, 2.45) is 0 Å². The number of anilines is 1. The molecule has 3 nitrogen and oxygen atoms in total. The number of ether oxygens (including phenoxy) is 2. The maximum atomic E-state index is 5.55. The molecule has 0 spiro atoms. The number of hydrogen-bond donors (Lipinski definition) is 0. The van der Waals surface area contributed by atoms with E-state index in [9.17, 15) is 0 Å². The summed E-state index contributed by atoms with van der Waals surface area (Å²) < 4.78 is 10.8. The van der Waals surface area contributed by atoms with Gasteiger partial charge in [-0.3, -0.25) is 0 Å². The Balaban J connectivity index is 2.36. The highest BCUT2D eigenvalue weighted by Gasteiger charge is 2.05. The Kier molecular flexibility index (Phi) is 7.53. The number of hydrogen-bond acceptors (Lipinski definition) is 3. The van der Waals surface area contributed by atoms with Crippen LogP contribution < -0.4 is 4.90 Å². The van der Waals surface area contributed by atoms with Crippen LogP contribution >= 0.6 is 0 Å². The van der Waals surface area contributed by atoms with Gasteiger partial charge in [-0.1, -0.05) is 12.1 Å². The highest BCUT2D eigenvalue weighted by atomic mass is 16.5. The van der Waals surface area contributed by atoms with Crippen molar-refractivity contribution in [1.82, 2.24) is 0 Å². The van der Waals surface area contributed by atoms with Crippen LogP contribution in [-0.2, 0) is 15.9 Å². The fourth-order valence-electron chi connectivity index (χ4n) is 1.78. The minimum atomic E-state index is 0.512. The van der Waals surface area contributed by atoms with Crippen molar-refractivity contribution in [3.05, 3.63) is 29.8 Å². The van der Waals surface area contributed by atoms with E-state index in [-0.39, 0.29) is 0 Å². The first-order valence-corrected chi connectivity index (χ1v) is 7.12. The standard InChI is InChI=1S/C16H27NO2/c1-5-18-11-12-19-10-9-15-7-6-8-16(13-15)17(4)14(2)3/h6-8,13-14H,5,9-12H2,1-4H3. The van der Waals surface area contributed by atoms with Crippen molar-refractivity contribution in [1.29, 1.82) is 0 Å². The Morgan fingerprint density at radius 2 is 1.84 bits per heavy atom. The predicted octanol–water partition coefficient (Wildman–Crippen LogP) is 3.13. The molecule has 3 heteroatoms. The minimum absolute atomic E-state index is 0.512. The Labute approximate surface area is 117 Å². The molecule has 0 radical (unpaired) electrons. The van der Waals surface area contributed by atoms with Gasteiger partial charge in [0.05, 0.1) is 19.8 Å². The summed E-state index contributed by atoms with van der Waals surface area (Å²) in [6.45, 7) is 9.27. The molecule has 1 aromatic rings. The predicted molar refractivity (Wildman–Crippen MR) is 81.0 cm³/mol.